The molecule has 2 N–H and O–H groups in total. The highest BCUT2D eigenvalue weighted by molar-refractivity contribution is 7.18. The van der Waals surface area contributed by atoms with Gasteiger partial charge in [0.05, 0.1) is 27.5 Å². The number of furan rings is 1. The van der Waals surface area contributed by atoms with Gasteiger partial charge in [-0.2, -0.15) is 0 Å². The fourth-order valence-corrected chi connectivity index (χ4v) is 3.81. The van der Waals surface area contributed by atoms with Crippen LogP contribution in [0.2, 0.25) is 0 Å². The van der Waals surface area contributed by atoms with Gasteiger partial charge in [-0.3, -0.25) is 14.4 Å². The lowest BCUT2D eigenvalue weighted by Gasteiger charge is -2.19. The molecule has 1 saturated heterocycles. The number of benzene rings is 1. The summed E-state index contributed by atoms with van der Waals surface area (Å²) < 4.78 is 5.05. The second-order valence-corrected chi connectivity index (χ2v) is 7.30. The molecule has 1 aliphatic heterocycles. The Hall–Kier alpha value is -3.39. The van der Waals surface area contributed by atoms with Crippen molar-refractivity contribution < 1.29 is 18.8 Å². The molecule has 3 heterocycles. The number of rotatable bonds is 5. The zero-order valence-electron chi connectivity index (χ0n) is 14.8. The molecule has 28 heavy (non-hydrogen) atoms. The largest absolute Gasteiger partial charge is 0.459 e. The Labute approximate surface area is 165 Å². The van der Waals surface area contributed by atoms with Gasteiger partial charge < -0.3 is 20.0 Å². The second kappa shape index (κ2) is 7.69. The molecule has 2 aromatic heterocycles. The zero-order chi connectivity index (χ0) is 19.5. The first kappa shape index (κ1) is 18.0. The molecule has 142 valence electrons. The minimum atomic E-state index is -0.378. The lowest BCUT2D eigenvalue weighted by Crippen LogP contribution is -2.25. The fourth-order valence-electron chi connectivity index (χ4n) is 3.01. The number of carbonyl (C=O) groups is 3. The molecule has 0 saturated carbocycles. The molecule has 3 aromatic rings. The van der Waals surface area contributed by atoms with Crippen LogP contribution in [0, 0.1) is 0 Å². The summed E-state index contributed by atoms with van der Waals surface area (Å²) in [5.74, 6) is -0.427. The molecule has 0 atom stereocenters. The van der Waals surface area contributed by atoms with Crippen LogP contribution in [0.15, 0.2) is 59.2 Å². The van der Waals surface area contributed by atoms with Crippen molar-refractivity contribution in [3.8, 4) is 0 Å². The van der Waals surface area contributed by atoms with Crippen LogP contribution in [0.4, 0.5) is 16.4 Å². The minimum Gasteiger partial charge on any atom is -0.459 e. The summed E-state index contributed by atoms with van der Waals surface area (Å²) >= 11 is 1.16. The van der Waals surface area contributed by atoms with E-state index in [1.165, 1.54) is 6.26 Å². The van der Waals surface area contributed by atoms with Gasteiger partial charge in [-0.05, 0) is 42.8 Å². The van der Waals surface area contributed by atoms with E-state index in [2.05, 4.69) is 10.6 Å². The Bertz CT molecular complexity index is 1030. The van der Waals surface area contributed by atoms with Crippen LogP contribution < -0.4 is 15.5 Å². The lowest BCUT2D eigenvalue weighted by atomic mass is 10.2. The minimum absolute atomic E-state index is 0.0562. The number of hydrogen-bond acceptors (Lipinski definition) is 5. The molecular formula is C20H17N3O4S. The molecule has 1 aromatic carbocycles. The molecule has 1 aliphatic rings. The SMILES string of the molecule is O=C(Nc1ccc(C(=O)Nc2ccccc2N2CCCC2=O)s1)c1ccco1. The first-order chi connectivity index (χ1) is 13.6. The summed E-state index contributed by atoms with van der Waals surface area (Å²) in [6, 6.07) is 13.7. The number of anilines is 3. The Morgan fingerprint density at radius 3 is 2.61 bits per heavy atom. The Balaban J connectivity index is 1.47. The second-order valence-electron chi connectivity index (χ2n) is 6.22. The molecule has 0 spiro atoms. The average molecular weight is 395 g/mol. The Morgan fingerprint density at radius 2 is 1.86 bits per heavy atom. The Kier molecular flexibility index (Phi) is 4.94. The van der Waals surface area contributed by atoms with E-state index in [-0.39, 0.29) is 23.5 Å². The first-order valence-electron chi connectivity index (χ1n) is 8.77. The molecular weight excluding hydrogens is 378 g/mol. The summed E-state index contributed by atoms with van der Waals surface area (Å²) in [6.45, 7) is 0.647. The van der Waals surface area contributed by atoms with E-state index in [0.717, 1.165) is 17.8 Å². The lowest BCUT2D eigenvalue weighted by molar-refractivity contribution is -0.117. The van der Waals surface area contributed by atoms with Gasteiger partial charge in [-0.25, -0.2) is 0 Å². The molecule has 0 bridgehead atoms. The van der Waals surface area contributed by atoms with Crippen LogP contribution in [0.3, 0.4) is 0 Å². The number of thiophene rings is 1. The van der Waals surface area contributed by atoms with Crippen molar-refractivity contribution in [2.24, 2.45) is 0 Å². The van der Waals surface area contributed by atoms with Gasteiger partial charge in [-0.15, -0.1) is 11.3 Å². The molecule has 0 aliphatic carbocycles. The third kappa shape index (κ3) is 3.67. The van der Waals surface area contributed by atoms with Gasteiger partial charge in [0.2, 0.25) is 5.91 Å². The predicted octanol–water partition coefficient (Wildman–Crippen LogP) is 3.97. The highest BCUT2D eigenvalue weighted by Crippen LogP contribution is 2.30. The van der Waals surface area contributed by atoms with E-state index in [9.17, 15) is 14.4 Å². The number of carbonyl (C=O) groups excluding carboxylic acids is 3. The summed E-state index contributed by atoms with van der Waals surface area (Å²) in [5, 5.41) is 6.10. The maximum absolute atomic E-state index is 12.7. The van der Waals surface area contributed by atoms with E-state index in [1.54, 1.807) is 35.2 Å². The molecule has 3 amide bonds. The van der Waals surface area contributed by atoms with Crippen LogP contribution in [0.25, 0.3) is 0 Å². The van der Waals surface area contributed by atoms with Crippen LogP contribution in [0.1, 0.15) is 33.1 Å². The van der Waals surface area contributed by atoms with Gasteiger partial charge >= 0.3 is 0 Å². The predicted molar refractivity (Wildman–Crippen MR) is 107 cm³/mol. The first-order valence-corrected chi connectivity index (χ1v) is 9.59. The summed E-state index contributed by atoms with van der Waals surface area (Å²) in [6.07, 6.45) is 2.75. The quantitative estimate of drug-likeness (QED) is 0.684. The van der Waals surface area contributed by atoms with Crippen molar-refractivity contribution in [2.75, 3.05) is 22.1 Å². The summed E-state index contributed by atoms with van der Waals surface area (Å²) in [4.78, 5) is 38.9. The van der Waals surface area contributed by atoms with Crippen LogP contribution in [-0.4, -0.2) is 24.3 Å². The standard InChI is InChI=1S/C20H17N3O4S/c24-18-8-3-11-23(18)14-6-2-1-5-13(14)21-20(26)16-9-10-17(28-16)22-19(25)15-7-4-12-27-15/h1-2,4-7,9-10,12H,3,8,11H2,(H,21,26)(H,22,25). The average Bonchev–Trinajstić information content (AvgIpc) is 3.44. The van der Waals surface area contributed by atoms with Crippen LogP contribution in [-0.2, 0) is 4.79 Å². The van der Waals surface area contributed by atoms with Gasteiger partial charge in [0.25, 0.3) is 11.8 Å². The maximum atomic E-state index is 12.7. The number of amides is 3. The summed E-state index contributed by atoms with van der Waals surface area (Å²) in [5.41, 5.74) is 1.28. The highest BCUT2D eigenvalue weighted by atomic mass is 32.1. The van der Waals surface area contributed by atoms with Crippen molar-refractivity contribution in [1.29, 1.82) is 0 Å². The van der Waals surface area contributed by atoms with Crippen molar-refractivity contribution >= 4 is 45.4 Å². The van der Waals surface area contributed by atoms with Gasteiger partial charge in [0.15, 0.2) is 5.76 Å². The normalized spacial score (nSPS) is 13.6. The van der Waals surface area contributed by atoms with Crippen LogP contribution in [0.5, 0.6) is 0 Å². The molecule has 4 rings (SSSR count). The van der Waals surface area contributed by atoms with E-state index in [1.807, 2.05) is 18.2 Å². The maximum Gasteiger partial charge on any atom is 0.291 e. The van der Waals surface area contributed by atoms with Crippen LogP contribution >= 0.6 is 11.3 Å². The van der Waals surface area contributed by atoms with E-state index < -0.39 is 0 Å². The number of nitrogens with one attached hydrogen (secondary N) is 2. The number of nitrogens with zero attached hydrogens (tertiary/aromatic N) is 1. The Morgan fingerprint density at radius 1 is 1.00 bits per heavy atom. The highest BCUT2D eigenvalue weighted by Gasteiger charge is 2.24. The van der Waals surface area contributed by atoms with E-state index >= 15 is 0 Å². The van der Waals surface area contributed by atoms with Gasteiger partial charge in [0.1, 0.15) is 0 Å². The van der Waals surface area contributed by atoms with Gasteiger partial charge in [0, 0.05) is 13.0 Å². The van der Waals surface area contributed by atoms with Gasteiger partial charge in [-0.1, -0.05) is 12.1 Å². The third-order valence-corrected chi connectivity index (χ3v) is 5.33. The molecule has 0 unspecified atom stereocenters. The third-order valence-electron chi connectivity index (χ3n) is 4.33. The zero-order valence-corrected chi connectivity index (χ0v) is 15.6. The van der Waals surface area contributed by atoms with Crippen molar-refractivity contribution in [2.45, 2.75) is 12.8 Å². The summed E-state index contributed by atoms with van der Waals surface area (Å²) in [7, 11) is 0. The molecule has 7 nitrogen and oxygen atoms in total. The molecule has 8 heteroatoms. The molecule has 1 fully saturated rings. The topological polar surface area (TPSA) is 91.7 Å². The monoisotopic (exact) mass is 395 g/mol. The smallest absolute Gasteiger partial charge is 0.291 e. The van der Waals surface area contributed by atoms with Crippen molar-refractivity contribution in [3.63, 3.8) is 0 Å². The van der Waals surface area contributed by atoms with E-state index in [0.29, 0.717) is 34.2 Å². The number of para-hydroxylation sites is 2. The van der Waals surface area contributed by atoms with E-state index in [4.69, 9.17) is 4.42 Å². The van der Waals surface area contributed by atoms with Crippen molar-refractivity contribution in [1.82, 2.24) is 0 Å². The molecule has 0 radical (unpaired) electrons. The van der Waals surface area contributed by atoms with Crippen molar-refractivity contribution in [3.05, 3.63) is 65.4 Å². The fraction of sp³-hybridized carbons (Fsp3) is 0.150. The number of hydrogen-bond donors (Lipinski definition) is 2.